The number of carbonyl (C=O) groups excluding carboxylic acids is 1. The van der Waals surface area contributed by atoms with Crippen LogP contribution in [0.3, 0.4) is 0 Å². The summed E-state index contributed by atoms with van der Waals surface area (Å²) in [5.74, 6) is 1.39. The molecule has 8 nitrogen and oxygen atoms in total. The lowest BCUT2D eigenvalue weighted by atomic mass is 10.1. The first-order chi connectivity index (χ1) is 15.3. The minimum Gasteiger partial charge on any atom is -0.377 e. The number of rotatable bonds is 4. The number of benzene rings is 1. The molecule has 2 amide bonds. The van der Waals surface area contributed by atoms with Gasteiger partial charge in [-0.25, -0.2) is 14.8 Å². The van der Waals surface area contributed by atoms with E-state index in [1.165, 1.54) is 0 Å². The van der Waals surface area contributed by atoms with Crippen molar-refractivity contribution in [3.8, 4) is 11.4 Å². The normalized spacial score (nSPS) is 18.8. The van der Waals surface area contributed by atoms with Gasteiger partial charge in [0.1, 0.15) is 12.4 Å². The van der Waals surface area contributed by atoms with Crippen molar-refractivity contribution in [2.24, 2.45) is 0 Å². The first kappa shape index (κ1) is 22.3. The number of urea groups is 1. The van der Waals surface area contributed by atoms with Crippen LogP contribution < -0.4 is 15.5 Å². The highest BCUT2D eigenvalue weighted by Gasteiger charge is 2.28. The highest BCUT2D eigenvalue weighted by molar-refractivity contribution is 5.89. The number of ether oxygens (including phenoxy) is 2. The van der Waals surface area contributed by atoms with Crippen LogP contribution in [0, 0.1) is 0 Å². The molecule has 0 aliphatic carbocycles. The van der Waals surface area contributed by atoms with E-state index >= 15 is 0 Å². The number of nitrogens with zero attached hydrogens (tertiary/aromatic N) is 3. The maximum absolute atomic E-state index is 12.2. The Bertz CT molecular complexity index is 968. The van der Waals surface area contributed by atoms with Gasteiger partial charge in [0.2, 0.25) is 0 Å². The van der Waals surface area contributed by atoms with Gasteiger partial charge in [-0.15, -0.1) is 0 Å². The Hall–Kier alpha value is -2.92. The zero-order valence-corrected chi connectivity index (χ0v) is 17.5. The quantitative estimate of drug-likeness (QED) is 0.743. The zero-order valence-electron chi connectivity index (χ0n) is 17.5. The van der Waals surface area contributed by atoms with Gasteiger partial charge in [-0.2, -0.15) is 13.2 Å². The van der Waals surface area contributed by atoms with Gasteiger partial charge < -0.3 is 25.0 Å². The van der Waals surface area contributed by atoms with Gasteiger partial charge in [0.15, 0.2) is 5.82 Å². The number of hydrogen-bond acceptors (Lipinski definition) is 6. The van der Waals surface area contributed by atoms with Crippen molar-refractivity contribution in [3.63, 3.8) is 0 Å². The van der Waals surface area contributed by atoms with Crippen molar-refractivity contribution in [2.75, 3.05) is 43.1 Å². The third-order valence-corrected chi connectivity index (χ3v) is 5.29. The number of halogens is 3. The summed E-state index contributed by atoms with van der Waals surface area (Å²) in [6, 6.07) is 5.90. The number of carbonyl (C=O) groups is 1. The van der Waals surface area contributed by atoms with Crippen LogP contribution in [0.5, 0.6) is 0 Å². The largest absolute Gasteiger partial charge is 0.405 e. The van der Waals surface area contributed by atoms with Crippen LogP contribution in [0.15, 0.2) is 24.3 Å². The van der Waals surface area contributed by atoms with Crippen LogP contribution in [-0.2, 0) is 22.5 Å². The third-order valence-electron chi connectivity index (χ3n) is 5.29. The van der Waals surface area contributed by atoms with Gasteiger partial charge >= 0.3 is 12.2 Å². The Morgan fingerprint density at radius 3 is 2.69 bits per heavy atom. The maximum atomic E-state index is 12.2. The predicted molar refractivity (Wildman–Crippen MR) is 112 cm³/mol. The third kappa shape index (κ3) is 5.28. The molecule has 1 atom stereocenters. The Labute approximate surface area is 183 Å². The van der Waals surface area contributed by atoms with Crippen molar-refractivity contribution in [1.82, 2.24) is 15.3 Å². The van der Waals surface area contributed by atoms with E-state index in [9.17, 15) is 18.0 Å². The fraction of sp³-hybridized carbons (Fsp3) is 0.476. The number of amides is 2. The molecule has 4 rings (SSSR count). The molecule has 0 spiro atoms. The van der Waals surface area contributed by atoms with E-state index in [0.29, 0.717) is 44.4 Å². The molecule has 32 heavy (non-hydrogen) atoms. The fourth-order valence-corrected chi connectivity index (χ4v) is 3.68. The molecule has 0 saturated carbocycles. The Kier molecular flexibility index (Phi) is 6.47. The van der Waals surface area contributed by atoms with Gasteiger partial charge in [0.25, 0.3) is 0 Å². The summed E-state index contributed by atoms with van der Waals surface area (Å²) >= 11 is 0. The second-order valence-electron chi connectivity index (χ2n) is 7.72. The highest BCUT2D eigenvalue weighted by Crippen LogP contribution is 2.31. The van der Waals surface area contributed by atoms with E-state index in [1.807, 2.05) is 0 Å². The van der Waals surface area contributed by atoms with Crippen LogP contribution in [0.4, 0.5) is 29.5 Å². The SMILES string of the molecule is C[C@H]1COCCN1c1nc(-c2ccc(NC(=O)NCC(F)(F)F)cc2)nc2c1COCC2. The summed E-state index contributed by atoms with van der Waals surface area (Å²) < 4.78 is 47.9. The molecule has 2 N–H and O–H groups in total. The number of morpholine rings is 1. The predicted octanol–water partition coefficient (Wildman–Crippen LogP) is 3.13. The Morgan fingerprint density at radius 2 is 1.97 bits per heavy atom. The molecule has 1 aromatic carbocycles. The smallest absolute Gasteiger partial charge is 0.377 e. The van der Waals surface area contributed by atoms with Crippen LogP contribution in [0.1, 0.15) is 18.2 Å². The van der Waals surface area contributed by atoms with Crippen LogP contribution in [0.2, 0.25) is 0 Å². The topological polar surface area (TPSA) is 88.6 Å². The molecule has 2 aliphatic rings. The minimum absolute atomic E-state index is 0.166. The second kappa shape index (κ2) is 9.29. The Balaban J connectivity index is 1.55. The molecule has 172 valence electrons. The van der Waals surface area contributed by atoms with E-state index in [2.05, 4.69) is 17.1 Å². The summed E-state index contributed by atoms with van der Waals surface area (Å²) in [5, 5.41) is 4.15. The molecule has 11 heteroatoms. The number of hydrogen-bond donors (Lipinski definition) is 2. The molecule has 3 heterocycles. The van der Waals surface area contributed by atoms with Crippen LogP contribution in [-0.4, -0.2) is 61.1 Å². The lowest BCUT2D eigenvalue weighted by Gasteiger charge is -2.36. The highest BCUT2D eigenvalue weighted by atomic mass is 19.4. The zero-order chi connectivity index (χ0) is 22.7. The van der Waals surface area contributed by atoms with Crippen LogP contribution in [0.25, 0.3) is 11.4 Å². The van der Waals surface area contributed by atoms with E-state index in [4.69, 9.17) is 19.4 Å². The van der Waals surface area contributed by atoms with Gasteiger partial charge in [-0.1, -0.05) is 0 Å². The van der Waals surface area contributed by atoms with Gasteiger partial charge in [-0.3, -0.25) is 0 Å². The first-order valence-electron chi connectivity index (χ1n) is 10.3. The van der Waals surface area contributed by atoms with Crippen molar-refractivity contribution in [1.29, 1.82) is 0 Å². The summed E-state index contributed by atoms with van der Waals surface area (Å²) in [6.45, 7) is 3.71. The van der Waals surface area contributed by atoms with Crippen LogP contribution >= 0.6 is 0 Å². The molecule has 1 saturated heterocycles. The monoisotopic (exact) mass is 451 g/mol. The van der Waals surface area contributed by atoms with Crippen molar-refractivity contribution in [3.05, 3.63) is 35.5 Å². The maximum Gasteiger partial charge on any atom is 0.405 e. The summed E-state index contributed by atoms with van der Waals surface area (Å²) in [5.41, 5.74) is 3.04. The number of anilines is 2. The molecule has 2 aliphatic heterocycles. The molecule has 1 fully saturated rings. The van der Waals surface area contributed by atoms with Crippen molar-refractivity contribution in [2.45, 2.75) is 32.2 Å². The fourth-order valence-electron chi connectivity index (χ4n) is 3.68. The van der Waals surface area contributed by atoms with Gasteiger partial charge in [-0.05, 0) is 31.2 Å². The number of aromatic nitrogens is 2. The average Bonchev–Trinajstić information content (AvgIpc) is 2.77. The molecule has 0 radical (unpaired) electrons. The second-order valence-corrected chi connectivity index (χ2v) is 7.72. The molecule has 0 bridgehead atoms. The van der Waals surface area contributed by atoms with Crippen molar-refractivity contribution >= 4 is 17.5 Å². The summed E-state index contributed by atoms with van der Waals surface area (Å²) in [6.07, 6.45) is -3.78. The van der Waals surface area contributed by atoms with Crippen molar-refractivity contribution < 1.29 is 27.4 Å². The van der Waals surface area contributed by atoms with E-state index < -0.39 is 18.8 Å². The minimum atomic E-state index is -4.47. The van der Waals surface area contributed by atoms with Gasteiger partial charge in [0.05, 0.1) is 38.2 Å². The lowest BCUT2D eigenvalue weighted by molar-refractivity contribution is -0.122. The molecular formula is C21H24F3N5O3. The number of fused-ring (bicyclic) bond motifs is 1. The number of alkyl halides is 3. The summed E-state index contributed by atoms with van der Waals surface area (Å²) in [7, 11) is 0. The molecular weight excluding hydrogens is 427 g/mol. The molecule has 0 unspecified atom stereocenters. The first-order valence-corrected chi connectivity index (χ1v) is 10.3. The van der Waals surface area contributed by atoms with E-state index in [0.717, 1.165) is 29.2 Å². The summed E-state index contributed by atoms with van der Waals surface area (Å²) in [4.78, 5) is 23.4. The average molecular weight is 451 g/mol. The lowest BCUT2D eigenvalue weighted by Crippen LogP contribution is -2.45. The number of nitrogens with one attached hydrogen (secondary N) is 2. The van der Waals surface area contributed by atoms with Gasteiger partial charge in [0, 0.05) is 29.8 Å². The Morgan fingerprint density at radius 1 is 1.19 bits per heavy atom. The molecule has 1 aromatic heterocycles. The molecule has 2 aromatic rings. The van der Waals surface area contributed by atoms with E-state index in [-0.39, 0.29) is 6.04 Å². The standard InChI is InChI=1S/C21H24F3N5O3/c1-13-10-32-9-7-29(13)19-16-11-31-8-6-17(16)27-18(28-19)14-2-4-15(5-3-14)26-20(30)25-12-21(22,23)24/h2-5,13H,6-12H2,1H3,(H2,25,26,30)/t13-/m0/s1. The van der Waals surface area contributed by atoms with E-state index in [1.54, 1.807) is 29.6 Å².